The number of benzene rings is 3. The normalized spacial score (nSPS) is 12.1. The molecular weight excluding hydrogens is 392 g/mol. The first-order valence-electron chi connectivity index (χ1n) is 10.3. The van der Waals surface area contributed by atoms with Crippen LogP contribution in [0.2, 0.25) is 0 Å². The molecular formula is C25H26N2O2S. The lowest BCUT2D eigenvalue weighted by molar-refractivity contribution is 0.442. The van der Waals surface area contributed by atoms with Gasteiger partial charge < -0.3 is 4.98 Å². The van der Waals surface area contributed by atoms with Crippen molar-refractivity contribution < 1.29 is 8.42 Å². The quantitative estimate of drug-likeness (QED) is 0.438. The SMILES string of the molecule is CCN(CC)S(=O)(=O)c1[nH]c2ccccc2c1C(c1ccccc1)c1ccccc1. The molecule has 0 amide bonds. The Balaban J connectivity index is 2.07. The van der Waals surface area contributed by atoms with Gasteiger partial charge in [-0.25, -0.2) is 8.42 Å². The van der Waals surface area contributed by atoms with Crippen molar-refractivity contribution in [2.45, 2.75) is 24.8 Å². The van der Waals surface area contributed by atoms with Crippen LogP contribution in [0.3, 0.4) is 0 Å². The van der Waals surface area contributed by atoms with Gasteiger partial charge in [-0.15, -0.1) is 0 Å². The summed E-state index contributed by atoms with van der Waals surface area (Å²) in [6.07, 6.45) is 0. The molecule has 0 saturated carbocycles. The maximum atomic E-state index is 13.6. The van der Waals surface area contributed by atoms with E-state index in [0.29, 0.717) is 13.1 Å². The number of hydrogen-bond donors (Lipinski definition) is 1. The largest absolute Gasteiger partial charge is 0.344 e. The summed E-state index contributed by atoms with van der Waals surface area (Å²) in [5.41, 5.74) is 3.75. The minimum absolute atomic E-state index is 0.205. The molecule has 154 valence electrons. The average Bonchev–Trinajstić information content (AvgIpc) is 3.16. The zero-order valence-electron chi connectivity index (χ0n) is 17.2. The fourth-order valence-corrected chi connectivity index (χ4v) is 5.82. The van der Waals surface area contributed by atoms with Crippen LogP contribution < -0.4 is 0 Å². The molecule has 0 bridgehead atoms. The summed E-state index contributed by atoms with van der Waals surface area (Å²) in [5, 5.41) is 1.21. The van der Waals surface area contributed by atoms with E-state index < -0.39 is 10.0 Å². The average molecular weight is 419 g/mol. The number of aromatic nitrogens is 1. The lowest BCUT2D eigenvalue weighted by Crippen LogP contribution is -2.31. The van der Waals surface area contributed by atoms with Crippen LogP contribution in [0.1, 0.15) is 36.5 Å². The second-order valence-electron chi connectivity index (χ2n) is 7.26. The van der Waals surface area contributed by atoms with Crippen LogP contribution in [0.25, 0.3) is 10.9 Å². The Kier molecular flexibility index (Phi) is 5.75. The summed E-state index contributed by atoms with van der Waals surface area (Å²) in [6.45, 7) is 4.59. The third-order valence-corrected chi connectivity index (χ3v) is 7.60. The van der Waals surface area contributed by atoms with E-state index in [1.165, 1.54) is 4.31 Å². The first kappa shape index (κ1) is 20.4. The van der Waals surface area contributed by atoms with Crippen molar-refractivity contribution >= 4 is 20.9 Å². The number of aromatic amines is 1. The van der Waals surface area contributed by atoms with E-state index in [0.717, 1.165) is 27.6 Å². The fraction of sp³-hybridized carbons (Fsp3) is 0.200. The van der Waals surface area contributed by atoms with E-state index >= 15 is 0 Å². The van der Waals surface area contributed by atoms with E-state index in [1.807, 2.05) is 74.5 Å². The van der Waals surface area contributed by atoms with Gasteiger partial charge in [0.2, 0.25) is 0 Å². The van der Waals surface area contributed by atoms with Crippen LogP contribution in [0.5, 0.6) is 0 Å². The van der Waals surface area contributed by atoms with Crippen LogP contribution in [-0.2, 0) is 10.0 Å². The van der Waals surface area contributed by atoms with E-state index in [4.69, 9.17) is 0 Å². The highest BCUT2D eigenvalue weighted by Gasteiger charge is 2.33. The highest BCUT2D eigenvalue weighted by molar-refractivity contribution is 7.89. The van der Waals surface area contributed by atoms with Crippen LogP contribution in [0.4, 0.5) is 0 Å². The molecule has 0 unspecified atom stereocenters. The molecule has 0 atom stereocenters. The van der Waals surface area contributed by atoms with E-state index in [1.54, 1.807) is 0 Å². The molecule has 0 aliphatic rings. The van der Waals surface area contributed by atoms with Gasteiger partial charge in [-0.2, -0.15) is 4.31 Å². The topological polar surface area (TPSA) is 53.2 Å². The summed E-state index contributed by atoms with van der Waals surface area (Å²) in [4.78, 5) is 3.24. The molecule has 4 nitrogen and oxygen atoms in total. The van der Waals surface area contributed by atoms with Gasteiger partial charge in [0.25, 0.3) is 10.0 Å². The Morgan fingerprint density at radius 2 is 1.27 bits per heavy atom. The summed E-state index contributed by atoms with van der Waals surface area (Å²) in [7, 11) is -3.68. The minimum Gasteiger partial charge on any atom is -0.344 e. The Hall–Kier alpha value is -2.89. The smallest absolute Gasteiger partial charge is 0.258 e. The zero-order valence-corrected chi connectivity index (χ0v) is 18.1. The number of nitrogens with one attached hydrogen (secondary N) is 1. The highest BCUT2D eigenvalue weighted by atomic mass is 32.2. The number of rotatable bonds is 7. The fourth-order valence-electron chi connectivity index (χ4n) is 4.14. The molecule has 0 radical (unpaired) electrons. The maximum Gasteiger partial charge on any atom is 0.258 e. The monoisotopic (exact) mass is 418 g/mol. The molecule has 4 rings (SSSR count). The first-order valence-corrected chi connectivity index (χ1v) is 11.7. The van der Waals surface area contributed by atoms with Gasteiger partial charge in [0.05, 0.1) is 0 Å². The Morgan fingerprint density at radius 3 is 1.80 bits per heavy atom. The van der Waals surface area contributed by atoms with Gasteiger partial charge in [-0.3, -0.25) is 0 Å². The number of para-hydroxylation sites is 1. The predicted octanol–water partition coefficient (Wildman–Crippen LogP) is 5.38. The highest BCUT2D eigenvalue weighted by Crippen LogP contribution is 2.40. The van der Waals surface area contributed by atoms with Crippen molar-refractivity contribution in [3.05, 3.63) is 102 Å². The third-order valence-electron chi connectivity index (χ3n) is 5.57. The number of sulfonamides is 1. The summed E-state index contributed by atoms with van der Waals surface area (Å²) < 4.78 is 28.8. The third kappa shape index (κ3) is 3.55. The standard InChI is InChI=1S/C25H26N2O2S/c1-3-27(4-2)30(28,29)25-24(21-17-11-12-18-22(21)26-25)23(19-13-7-5-8-14-19)20-15-9-6-10-16-20/h5-18,23,26H,3-4H2,1-2H3. The second kappa shape index (κ2) is 8.46. The molecule has 5 heteroatoms. The lowest BCUT2D eigenvalue weighted by Gasteiger charge is -2.23. The second-order valence-corrected chi connectivity index (χ2v) is 9.13. The van der Waals surface area contributed by atoms with Gasteiger partial charge in [0.15, 0.2) is 5.03 Å². The molecule has 0 aliphatic heterocycles. The molecule has 1 N–H and O–H groups in total. The van der Waals surface area contributed by atoms with Crippen LogP contribution >= 0.6 is 0 Å². The summed E-state index contributed by atoms with van der Waals surface area (Å²) in [6, 6.07) is 28.0. The van der Waals surface area contributed by atoms with Gasteiger partial charge in [0.1, 0.15) is 0 Å². The van der Waals surface area contributed by atoms with Gasteiger partial charge >= 0.3 is 0 Å². The number of fused-ring (bicyclic) bond motifs is 1. The van der Waals surface area contributed by atoms with Crippen molar-refractivity contribution in [1.29, 1.82) is 0 Å². The lowest BCUT2D eigenvalue weighted by atomic mass is 9.85. The predicted molar refractivity (Wildman–Crippen MR) is 122 cm³/mol. The van der Waals surface area contributed by atoms with E-state index in [2.05, 4.69) is 29.2 Å². The molecule has 1 heterocycles. The van der Waals surface area contributed by atoms with E-state index in [9.17, 15) is 8.42 Å². The molecule has 0 fully saturated rings. The molecule has 1 aromatic heterocycles. The first-order chi connectivity index (χ1) is 14.6. The minimum atomic E-state index is -3.68. The zero-order chi connectivity index (χ0) is 21.1. The Labute approximate surface area is 178 Å². The Morgan fingerprint density at radius 1 is 0.767 bits per heavy atom. The molecule has 0 spiro atoms. The molecule has 3 aromatic carbocycles. The number of hydrogen-bond acceptors (Lipinski definition) is 2. The summed E-state index contributed by atoms with van der Waals surface area (Å²) >= 11 is 0. The molecule has 0 saturated heterocycles. The van der Waals surface area contributed by atoms with Crippen molar-refractivity contribution in [1.82, 2.24) is 9.29 Å². The number of H-pyrrole nitrogens is 1. The molecule has 4 aromatic rings. The van der Waals surface area contributed by atoms with Crippen molar-refractivity contribution in [3.63, 3.8) is 0 Å². The molecule has 30 heavy (non-hydrogen) atoms. The maximum absolute atomic E-state index is 13.6. The van der Waals surface area contributed by atoms with Crippen molar-refractivity contribution in [2.24, 2.45) is 0 Å². The van der Waals surface area contributed by atoms with Crippen molar-refractivity contribution in [2.75, 3.05) is 13.1 Å². The van der Waals surface area contributed by atoms with Crippen LogP contribution in [-0.4, -0.2) is 30.8 Å². The number of nitrogens with zero attached hydrogens (tertiary/aromatic N) is 1. The Bertz CT molecular complexity index is 1190. The van der Waals surface area contributed by atoms with Crippen LogP contribution in [0, 0.1) is 0 Å². The van der Waals surface area contributed by atoms with Crippen LogP contribution in [0.15, 0.2) is 90.0 Å². The van der Waals surface area contributed by atoms with Crippen molar-refractivity contribution in [3.8, 4) is 0 Å². The van der Waals surface area contributed by atoms with Gasteiger partial charge in [-0.05, 0) is 17.2 Å². The van der Waals surface area contributed by atoms with Gasteiger partial charge in [-0.1, -0.05) is 92.7 Å². The molecule has 0 aliphatic carbocycles. The van der Waals surface area contributed by atoms with Gasteiger partial charge in [0, 0.05) is 35.5 Å². The summed E-state index contributed by atoms with van der Waals surface area (Å²) in [5.74, 6) is -0.205. The van der Waals surface area contributed by atoms with E-state index in [-0.39, 0.29) is 10.9 Å².